The third kappa shape index (κ3) is 1.56. The highest BCUT2D eigenvalue weighted by atomic mass is 19.4. The van der Waals surface area contributed by atoms with Crippen molar-refractivity contribution in [3.63, 3.8) is 0 Å². The molecule has 2 fully saturated rings. The fourth-order valence-electron chi connectivity index (χ4n) is 2.29. The first kappa shape index (κ1) is 9.31. The summed E-state index contributed by atoms with van der Waals surface area (Å²) in [4.78, 5) is 0. The fourth-order valence-corrected chi connectivity index (χ4v) is 2.29. The van der Waals surface area contributed by atoms with Crippen molar-refractivity contribution in [1.29, 1.82) is 0 Å². The van der Waals surface area contributed by atoms with Gasteiger partial charge in [0.1, 0.15) is 0 Å². The van der Waals surface area contributed by atoms with Gasteiger partial charge in [-0.2, -0.15) is 13.2 Å². The van der Waals surface area contributed by atoms with Crippen LogP contribution < -0.4 is 0 Å². The van der Waals surface area contributed by atoms with E-state index in [4.69, 9.17) is 0 Å². The van der Waals surface area contributed by atoms with Gasteiger partial charge in [0.15, 0.2) is 5.60 Å². The van der Waals surface area contributed by atoms with Gasteiger partial charge in [-0.1, -0.05) is 0 Å². The Labute approximate surface area is 74.9 Å². The summed E-state index contributed by atoms with van der Waals surface area (Å²) in [5.74, 6) is 0.586. The molecule has 2 rings (SSSR count). The highest BCUT2D eigenvalue weighted by molar-refractivity contribution is 4.98. The van der Waals surface area contributed by atoms with E-state index in [0.29, 0.717) is 12.3 Å². The van der Waals surface area contributed by atoms with Crippen molar-refractivity contribution < 1.29 is 18.3 Å². The van der Waals surface area contributed by atoms with E-state index in [1.807, 2.05) is 0 Å². The lowest BCUT2D eigenvalue weighted by molar-refractivity contribution is -0.258. The van der Waals surface area contributed by atoms with Crippen molar-refractivity contribution >= 4 is 0 Å². The van der Waals surface area contributed by atoms with E-state index in [9.17, 15) is 18.3 Å². The average Bonchev–Trinajstić information content (AvgIpc) is 2.74. The lowest BCUT2D eigenvalue weighted by Gasteiger charge is -2.25. The van der Waals surface area contributed by atoms with Crippen molar-refractivity contribution in [2.24, 2.45) is 11.8 Å². The minimum atomic E-state index is -4.43. The molecule has 76 valence electrons. The quantitative estimate of drug-likeness (QED) is 0.680. The molecule has 2 saturated carbocycles. The molecule has 0 aromatic carbocycles. The summed E-state index contributed by atoms with van der Waals surface area (Å²) in [6.45, 7) is 0. The van der Waals surface area contributed by atoms with Gasteiger partial charge in [-0.05, 0) is 43.9 Å². The SMILES string of the molecule is OC1(C(F)(F)F)CCC(C2CC2)C1. The molecule has 2 aliphatic rings. The van der Waals surface area contributed by atoms with Gasteiger partial charge in [0, 0.05) is 0 Å². The third-order valence-electron chi connectivity index (χ3n) is 3.34. The minimum absolute atomic E-state index is 0.0683. The van der Waals surface area contributed by atoms with E-state index < -0.39 is 11.8 Å². The summed E-state index contributed by atoms with van der Waals surface area (Å²) in [7, 11) is 0. The van der Waals surface area contributed by atoms with E-state index in [-0.39, 0.29) is 18.8 Å². The van der Waals surface area contributed by atoms with Crippen molar-refractivity contribution in [3.8, 4) is 0 Å². The molecule has 0 amide bonds. The molecule has 0 aliphatic heterocycles. The monoisotopic (exact) mass is 194 g/mol. The summed E-state index contributed by atoms with van der Waals surface area (Å²) in [6.07, 6.45) is -1.95. The summed E-state index contributed by atoms with van der Waals surface area (Å²) >= 11 is 0. The zero-order valence-electron chi connectivity index (χ0n) is 7.27. The van der Waals surface area contributed by atoms with Crippen LogP contribution in [0.3, 0.4) is 0 Å². The standard InChI is InChI=1S/C9H13F3O/c10-9(11,12)8(13)4-3-7(5-8)6-1-2-6/h6-7,13H,1-5H2. The lowest BCUT2D eigenvalue weighted by Crippen LogP contribution is -2.42. The van der Waals surface area contributed by atoms with Crippen molar-refractivity contribution in [2.75, 3.05) is 0 Å². The first-order valence-electron chi connectivity index (χ1n) is 4.71. The molecule has 2 atom stereocenters. The number of hydrogen-bond donors (Lipinski definition) is 1. The van der Waals surface area contributed by atoms with E-state index in [0.717, 1.165) is 12.8 Å². The average molecular weight is 194 g/mol. The first-order chi connectivity index (χ1) is 5.92. The van der Waals surface area contributed by atoms with Gasteiger partial charge < -0.3 is 5.11 Å². The number of aliphatic hydroxyl groups is 1. The van der Waals surface area contributed by atoms with Crippen LogP contribution in [0.1, 0.15) is 32.1 Å². The predicted octanol–water partition coefficient (Wildman–Crippen LogP) is 2.49. The second-order valence-corrected chi connectivity index (χ2v) is 4.37. The minimum Gasteiger partial charge on any atom is -0.380 e. The van der Waals surface area contributed by atoms with E-state index in [2.05, 4.69) is 0 Å². The van der Waals surface area contributed by atoms with Crippen LogP contribution in [0.4, 0.5) is 13.2 Å². The van der Waals surface area contributed by atoms with Crippen LogP contribution in [0.2, 0.25) is 0 Å². The smallest absolute Gasteiger partial charge is 0.380 e. The molecule has 0 heterocycles. The molecule has 2 unspecified atom stereocenters. The number of rotatable bonds is 1. The van der Waals surface area contributed by atoms with Gasteiger partial charge in [0.25, 0.3) is 0 Å². The molecular formula is C9H13F3O. The van der Waals surface area contributed by atoms with Crippen molar-refractivity contribution in [2.45, 2.75) is 43.9 Å². The number of alkyl halides is 3. The molecule has 2 aliphatic carbocycles. The van der Waals surface area contributed by atoms with Crippen LogP contribution >= 0.6 is 0 Å². The molecule has 1 nitrogen and oxygen atoms in total. The van der Waals surface area contributed by atoms with Crippen LogP contribution in [-0.4, -0.2) is 16.9 Å². The first-order valence-corrected chi connectivity index (χ1v) is 4.71. The molecular weight excluding hydrogens is 181 g/mol. The number of halogens is 3. The summed E-state index contributed by atoms with van der Waals surface area (Å²) in [6, 6.07) is 0. The zero-order chi connectivity index (χ0) is 9.69. The summed E-state index contributed by atoms with van der Waals surface area (Å²) in [5, 5.41) is 9.35. The molecule has 0 bridgehead atoms. The van der Waals surface area contributed by atoms with E-state index in [1.165, 1.54) is 0 Å². The van der Waals surface area contributed by atoms with E-state index >= 15 is 0 Å². The van der Waals surface area contributed by atoms with E-state index in [1.54, 1.807) is 0 Å². The topological polar surface area (TPSA) is 20.2 Å². The maximum Gasteiger partial charge on any atom is 0.417 e. The van der Waals surface area contributed by atoms with Crippen LogP contribution in [0, 0.1) is 11.8 Å². The third-order valence-corrected chi connectivity index (χ3v) is 3.34. The highest BCUT2D eigenvalue weighted by Crippen LogP contribution is 2.52. The van der Waals surface area contributed by atoms with Gasteiger partial charge in [0.2, 0.25) is 0 Å². The van der Waals surface area contributed by atoms with Crippen LogP contribution in [0.15, 0.2) is 0 Å². The maximum atomic E-state index is 12.4. The highest BCUT2D eigenvalue weighted by Gasteiger charge is 2.58. The van der Waals surface area contributed by atoms with Gasteiger partial charge in [-0.25, -0.2) is 0 Å². The summed E-state index contributed by atoms with van der Waals surface area (Å²) < 4.78 is 37.1. The molecule has 0 spiro atoms. The molecule has 0 aromatic rings. The Bertz CT molecular complexity index is 209. The second-order valence-electron chi connectivity index (χ2n) is 4.37. The summed E-state index contributed by atoms with van der Waals surface area (Å²) in [5.41, 5.74) is -2.37. The molecule has 0 radical (unpaired) electrons. The van der Waals surface area contributed by atoms with Crippen LogP contribution in [-0.2, 0) is 0 Å². The second kappa shape index (κ2) is 2.62. The number of hydrogen-bond acceptors (Lipinski definition) is 1. The lowest BCUT2D eigenvalue weighted by atomic mass is 9.97. The Hall–Kier alpha value is -0.250. The van der Waals surface area contributed by atoms with Crippen LogP contribution in [0.25, 0.3) is 0 Å². The largest absolute Gasteiger partial charge is 0.417 e. The van der Waals surface area contributed by atoms with Crippen molar-refractivity contribution in [1.82, 2.24) is 0 Å². The predicted molar refractivity (Wildman–Crippen MR) is 41.1 cm³/mol. The fraction of sp³-hybridized carbons (Fsp3) is 1.00. The van der Waals surface area contributed by atoms with Crippen molar-refractivity contribution in [3.05, 3.63) is 0 Å². The van der Waals surface area contributed by atoms with Gasteiger partial charge in [-0.3, -0.25) is 0 Å². The molecule has 4 heteroatoms. The Morgan fingerprint density at radius 1 is 1.08 bits per heavy atom. The van der Waals surface area contributed by atoms with Gasteiger partial charge in [-0.15, -0.1) is 0 Å². The Kier molecular flexibility index (Phi) is 1.88. The van der Waals surface area contributed by atoms with Gasteiger partial charge >= 0.3 is 6.18 Å². The molecule has 13 heavy (non-hydrogen) atoms. The normalized spacial score (nSPS) is 41.1. The maximum absolute atomic E-state index is 12.4. The molecule has 0 saturated heterocycles. The van der Waals surface area contributed by atoms with Gasteiger partial charge in [0.05, 0.1) is 0 Å². The Balaban J connectivity index is 2.02. The molecule has 1 N–H and O–H groups in total. The Morgan fingerprint density at radius 2 is 1.69 bits per heavy atom. The Morgan fingerprint density at radius 3 is 2.08 bits per heavy atom. The zero-order valence-corrected chi connectivity index (χ0v) is 7.27. The van der Waals surface area contributed by atoms with Crippen LogP contribution in [0.5, 0.6) is 0 Å². The molecule has 0 aromatic heterocycles.